The summed E-state index contributed by atoms with van der Waals surface area (Å²) in [5.74, 6) is -0.501. The van der Waals surface area contributed by atoms with Gasteiger partial charge in [-0.2, -0.15) is 5.26 Å². The van der Waals surface area contributed by atoms with E-state index in [2.05, 4.69) is 5.32 Å². The van der Waals surface area contributed by atoms with E-state index in [1.807, 2.05) is 13.0 Å². The fourth-order valence-electron chi connectivity index (χ4n) is 1.63. The number of anilines is 1. The molecule has 1 rings (SSSR count). The van der Waals surface area contributed by atoms with Crippen molar-refractivity contribution in [3.63, 3.8) is 0 Å². The highest BCUT2D eigenvalue weighted by Gasteiger charge is 2.18. The average molecular weight is 259 g/mol. The lowest BCUT2D eigenvalue weighted by molar-refractivity contribution is -0.123. The molecule has 19 heavy (non-hydrogen) atoms. The minimum atomic E-state index is -0.269. The van der Waals surface area contributed by atoms with Gasteiger partial charge in [0.2, 0.25) is 11.8 Å². The van der Waals surface area contributed by atoms with Crippen LogP contribution in [0.5, 0.6) is 0 Å². The second-order valence-corrected chi connectivity index (χ2v) is 4.08. The molecule has 0 radical (unpaired) electrons. The van der Waals surface area contributed by atoms with Gasteiger partial charge in [0, 0.05) is 13.5 Å². The van der Waals surface area contributed by atoms with Crippen LogP contribution in [-0.4, -0.2) is 24.9 Å². The maximum atomic E-state index is 11.7. The van der Waals surface area contributed by atoms with Crippen molar-refractivity contribution >= 4 is 17.5 Å². The minimum Gasteiger partial charge on any atom is -0.355 e. The molecule has 5 heteroatoms. The van der Waals surface area contributed by atoms with Gasteiger partial charge in [-0.15, -0.1) is 0 Å². The molecule has 2 amide bonds. The molecule has 0 aromatic heterocycles. The van der Waals surface area contributed by atoms with Crippen molar-refractivity contribution in [2.45, 2.75) is 20.3 Å². The summed E-state index contributed by atoms with van der Waals surface area (Å²) in [5.41, 5.74) is 0.838. The van der Waals surface area contributed by atoms with Gasteiger partial charge in [-0.05, 0) is 18.6 Å². The maximum absolute atomic E-state index is 11.7. The summed E-state index contributed by atoms with van der Waals surface area (Å²) in [5, 5.41) is 11.7. The first-order valence-corrected chi connectivity index (χ1v) is 6.14. The first-order valence-electron chi connectivity index (χ1n) is 6.14. The molecule has 0 unspecified atom stereocenters. The summed E-state index contributed by atoms with van der Waals surface area (Å²) >= 11 is 0. The Labute approximate surface area is 112 Å². The Bertz CT molecular complexity index is 506. The third-order valence-electron chi connectivity index (χ3n) is 2.57. The molecule has 1 N–H and O–H groups in total. The van der Waals surface area contributed by atoms with Crippen molar-refractivity contribution in [3.8, 4) is 6.07 Å². The van der Waals surface area contributed by atoms with Crippen LogP contribution >= 0.6 is 0 Å². The summed E-state index contributed by atoms with van der Waals surface area (Å²) in [7, 11) is 0. The number of rotatable bonds is 5. The number of para-hydroxylation sites is 1. The van der Waals surface area contributed by atoms with Gasteiger partial charge in [0.05, 0.1) is 11.3 Å². The third-order valence-corrected chi connectivity index (χ3v) is 2.57. The average Bonchev–Trinajstić information content (AvgIpc) is 2.42. The van der Waals surface area contributed by atoms with E-state index >= 15 is 0 Å². The zero-order valence-corrected chi connectivity index (χ0v) is 11.1. The van der Waals surface area contributed by atoms with E-state index in [0.29, 0.717) is 17.8 Å². The van der Waals surface area contributed by atoms with Gasteiger partial charge in [0.15, 0.2) is 0 Å². The van der Waals surface area contributed by atoms with E-state index in [4.69, 9.17) is 5.26 Å². The first kappa shape index (κ1) is 14.7. The summed E-state index contributed by atoms with van der Waals surface area (Å²) in [6.07, 6.45) is 0.834. The molecule has 0 spiro atoms. The Morgan fingerprint density at radius 3 is 2.63 bits per heavy atom. The normalized spacial score (nSPS) is 9.53. The molecule has 0 aliphatic rings. The summed E-state index contributed by atoms with van der Waals surface area (Å²) in [4.78, 5) is 24.7. The van der Waals surface area contributed by atoms with Gasteiger partial charge in [-0.3, -0.25) is 9.59 Å². The highest BCUT2D eigenvalue weighted by atomic mass is 16.2. The van der Waals surface area contributed by atoms with Crippen LogP contribution in [0.4, 0.5) is 5.69 Å². The van der Waals surface area contributed by atoms with Crippen LogP contribution in [0.25, 0.3) is 0 Å². The largest absolute Gasteiger partial charge is 0.355 e. The smallest absolute Gasteiger partial charge is 0.240 e. The summed E-state index contributed by atoms with van der Waals surface area (Å²) < 4.78 is 0. The van der Waals surface area contributed by atoms with E-state index in [1.165, 1.54) is 11.8 Å². The van der Waals surface area contributed by atoms with Gasteiger partial charge in [0.1, 0.15) is 12.6 Å². The van der Waals surface area contributed by atoms with Gasteiger partial charge < -0.3 is 10.2 Å². The van der Waals surface area contributed by atoms with Gasteiger partial charge >= 0.3 is 0 Å². The molecule has 1 aromatic carbocycles. The van der Waals surface area contributed by atoms with Crippen LogP contribution in [0.1, 0.15) is 25.8 Å². The number of benzene rings is 1. The van der Waals surface area contributed by atoms with Crippen LogP contribution in [0, 0.1) is 11.3 Å². The lowest BCUT2D eigenvalue weighted by atomic mass is 10.1. The van der Waals surface area contributed by atoms with Crippen LogP contribution in [0.15, 0.2) is 24.3 Å². The summed E-state index contributed by atoms with van der Waals surface area (Å²) in [6.45, 7) is 3.83. The number of amides is 2. The van der Waals surface area contributed by atoms with Gasteiger partial charge in [-0.25, -0.2) is 0 Å². The monoisotopic (exact) mass is 259 g/mol. The Morgan fingerprint density at radius 2 is 2.05 bits per heavy atom. The number of nitrogens with zero attached hydrogens (tertiary/aromatic N) is 2. The standard InChI is InChI=1S/C14H17N3O2/c1-3-8-16-14(19)10-17(11(2)18)13-7-5-4-6-12(13)9-15/h4-7H,3,8,10H2,1-2H3,(H,16,19). The van der Waals surface area contributed by atoms with Crippen LogP contribution in [0.3, 0.4) is 0 Å². The molecule has 0 bridgehead atoms. The highest BCUT2D eigenvalue weighted by molar-refractivity contribution is 5.98. The molecule has 1 aromatic rings. The predicted molar refractivity (Wildman–Crippen MR) is 72.5 cm³/mol. The molecule has 0 fully saturated rings. The quantitative estimate of drug-likeness (QED) is 0.869. The number of nitriles is 1. The van der Waals surface area contributed by atoms with Crippen molar-refractivity contribution < 1.29 is 9.59 Å². The topological polar surface area (TPSA) is 73.2 Å². The fraction of sp³-hybridized carbons (Fsp3) is 0.357. The van der Waals surface area contributed by atoms with Crippen molar-refractivity contribution in [3.05, 3.63) is 29.8 Å². The van der Waals surface area contributed by atoms with Crippen LogP contribution in [-0.2, 0) is 9.59 Å². The number of carbonyl (C=O) groups is 2. The second kappa shape index (κ2) is 7.17. The maximum Gasteiger partial charge on any atom is 0.240 e. The Hall–Kier alpha value is -2.35. The zero-order valence-electron chi connectivity index (χ0n) is 11.1. The molecule has 0 atom stereocenters. The lowest BCUT2D eigenvalue weighted by Crippen LogP contribution is -2.40. The Morgan fingerprint density at radius 1 is 1.37 bits per heavy atom. The summed E-state index contributed by atoms with van der Waals surface area (Å²) in [6, 6.07) is 8.75. The van der Waals surface area contributed by atoms with Crippen molar-refractivity contribution in [1.82, 2.24) is 5.32 Å². The zero-order chi connectivity index (χ0) is 14.3. The lowest BCUT2D eigenvalue weighted by Gasteiger charge is -2.21. The molecular weight excluding hydrogens is 242 g/mol. The fourth-order valence-corrected chi connectivity index (χ4v) is 1.63. The molecule has 5 nitrogen and oxygen atoms in total. The Balaban J connectivity index is 2.92. The van der Waals surface area contributed by atoms with Gasteiger partial charge in [-0.1, -0.05) is 19.1 Å². The van der Waals surface area contributed by atoms with E-state index in [0.717, 1.165) is 6.42 Å². The third kappa shape index (κ3) is 4.11. The van der Waals surface area contributed by atoms with E-state index in [1.54, 1.807) is 24.3 Å². The number of carbonyl (C=O) groups excluding carboxylic acids is 2. The van der Waals surface area contributed by atoms with Crippen molar-refractivity contribution in [1.29, 1.82) is 5.26 Å². The van der Waals surface area contributed by atoms with Crippen LogP contribution in [0.2, 0.25) is 0 Å². The van der Waals surface area contributed by atoms with E-state index < -0.39 is 0 Å². The van der Waals surface area contributed by atoms with E-state index in [9.17, 15) is 9.59 Å². The molecule has 100 valence electrons. The minimum absolute atomic E-state index is 0.0754. The highest BCUT2D eigenvalue weighted by Crippen LogP contribution is 2.19. The second-order valence-electron chi connectivity index (χ2n) is 4.08. The number of nitrogens with one attached hydrogen (secondary N) is 1. The molecule has 0 aliphatic heterocycles. The molecule has 0 saturated carbocycles. The van der Waals surface area contributed by atoms with Gasteiger partial charge in [0.25, 0.3) is 0 Å². The van der Waals surface area contributed by atoms with Crippen molar-refractivity contribution in [2.75, 3.05) is 18.0 Å². The molecular formula is C14H17N3O2. The van der Waals surface area contributed by atoms with Crippen LogP contribution < -0.4 is 10.2 Å². The SMILES string of the molecule is CCCNC(=O)CN(C(C)=O)c1ccccc1C#N. The molecule has 0 heterocycles. The Kier molecular flexibility index (Phi) is 5.55. The van der Waals surface area contributed by atoms with Crippen molar-refractivity contribution in [2.24, 2.45) is 0 Å². The number of hydrogen-bond acceptors (Lipinski definition) is 3. The molecule has 0 saturated heterocycles. The molecule has 0 aliphatic carbocycles. The number of hydrogen-bond donors (Lipinski definition) is 1. The first-order chi connectivity index (χ1) is 9.10. The van der Waals surface area contributed by atoms with E-state index in [-0.39, 0.29) is 18.4 Å². The predicted octanol–water partition coefficient (Wildman–Crippen LogP) is 1.44.